The Morgan fingerprint density at radius 3 is 1.97 bits per heavy atom. The van der Waals surface area contributed by atoms with Gasteiger partial charge in [0.1, 0.15) is 0 Å². The number of hydrogen-bond donors (Lipinski definition) is 1. The number of benzene rings is 3. The van der Waals surface area contributed by atoms with Crippen LogP contribution in [0.4, 0.5) is 0 Å². The number of rotatable bonds is 5. The molecule has 2 aliphatic rings. The van der Waals surface area contributed by atoms with Gasteiger partial charge in [0.15, 0.2) is 0 Å². The molecule has 0 fully saturated rings. The van der Waals surface area contributed by atoms with E-state index in [0.29, 0.717) is 0 Å². The minimum atomic E-state index is 0.134. The zero-order chi connectivity index (χ0) is 21.8. The molecule has 0 saturated carbocycles. The van der Waals surface area contributed by atoms with Crippen LogP contribution in [0.1, 0.15) is 59.6 Å². The van der Waals surface area contributed by atoms with Gasteiger partial charge in [-0.15, -0.1) is 0 Å². The molecule has 1 unspecified atom stereocenters. The largest absolute Gasteiger partial charge is 0.312 e. The van der Waals surface area contributed by atoms with Gasteiger partial charge >= 0.3 is 0 Å². The van der Waals surface area contributed by atoms with Gasteiger partial charge in [-0.2, -0.15) is 0 Å². The van der Waals surface area contributed by atoms with Crippen molar-refractivity contribution >= 4 is 5.91 Å². The van der Waals surface area contributed by atoms with E-state index in [0.717, 1.165) is 37.8 Å². The molecule has 3 nitrogen and oxygen atoms in total. The fraction of sp³-hybridized carbons (Fsp3) is 0.276. The summed E-state index contributed by atoms with van der Waals surface area (Å²) in [6.07, 6.45) is 5.36. The molecule has 1 N–H and O–H groups in total. The van der Waals surface area contributed by atoms with Gasteiger partial charge < -0.3 is 4.90 Å². The lowest BCUT2D eigenvalue weighted by Gasteiger charge is -2.41. The molecule has 1 atom stereocenters. The Morgan fingerprint density at radius 2 is 1.34 bits per heavy atom. The molecular formula is C29H30N2O. The standard InChI is InChI=1S/C29H30N2O/c32-29(24-16-8-3-9-17-24)31-21-20-26(25-18-10-11-19-27(25)31)30-28(22-12-4-1-5-13-22)23-14-6-2-7-15-23/h1-9,12-17,26,28,30H,10-11,18-21H2. The summed E-state index contributed by atoms with van der Waals surface area (Å²) in [6, 6.07) is 31.5. The van der Waals surface area contributed by atoms with Crippen molar-refractivity contribution in [1.82, 2.24) is 10.2 Å². The quantitative estimate of drug-likeness (QED) is 0.538. The Hall–Kier alpha value is -3.17. The Bertz CT molecular complexity index is 1040. The minimum absolute atomic E-state index is 0.134. The molecule has 3 heteroatoms. The van der Waals surface area contributed by atoms with Crippen molar-refractivity contribution in [3.63, 3.8) is 0 Å². The van der Waals surface area contributed by atoms with Crippen LogP contribution in [0.5, 0.6) is 0 Å². The third kappa shape index (κ3) is 4.26. The van der Waals surface area contributed by atoms with Gasteiger partial charge in [-0.3, -0.25) is 10.1 Å². The van der Waals surface area contributed by atoms with E-state index in [9.17, 15) is 4.79 Å². The SMILES string of the molecule is O=C(c1ccccc1)N1CCC(NC(c2ccccc2)c2ccccc2)C2=C1CCCC2. The van der Waals surface area contributed by atoms with Crippen LogP contribution >= 0.6 is 0 Å². The summed E-state index contributed by atoms with van der Waals surface area (Å²) in [7, 11) is 0. The highest BCUT2D eigenvalue weighted by Crippen LogP contribution is 2.36. The number of carbonyl (C=O) groups is 1. The summed E-state index contributed by atoms with van der Waals surface area (Å²) in [5.41, 5.74) is 6.03. The Kier molecular flexibility index (Phi) is 6.17. The van der Waals surface area contributed by atoms with Crippen LogP contribution < -0.4 is 5.32 Å². The van der Waals surface area contributed by atoms with Gasteiger partial charge in [-0.1, -0.05) is 78.9 Å². The third-order valence-electron chi connectivity index (χ3n) is 6.77. The molecule has 1 heterocycles. The smallest absolute Gasteiger partial charge is 0.258 e. The lowest BCUT2D eigenvalue weighted by Crippen LogP contribution is -2.46. The van der Waals surface area contributed by atoms with Crippen LogP contribution in [-0.4, -0.2) is 23.4 Å². The Balaban J connectivity index is 1.46. The summed E-state index contributed by atoms with van der Waals surface area (Å²) in [5, 5.41) is 3.99. The Morgan fingerprint density at radius 1 is 0.781 bits per heavy atom. The number of hydrogen-bond acceptors (Lipinski definition) is 2. The molecule has 1 amide bonds. The van der Waals surface area contributed by atoms with Crippen molar-refractivity contribution < 1.29 is 4.79 Å². The molecule has 1 aliphatic heterocycles. The second-order valence-electron chi connectivity index (χ2n) is 8.76. The van der Waals surface area contributed by atoms with E-state index in [1.165, 1.54) is 28.8 Å². The number of amides is 1. The van der Waals surface area contributed by atoms with Crippen molar-refractivity contribution in [2.75, 3.05) is 6.54 Å². The first-order valence-electron chi connectivity index (χ1n) is 11.8. The van der Waals surface area contributed by atoms with Gasteiger partial charge in [0.2, 0.25) is 0 Å². The van der Waals surface area contributed by atoms with Gasteiger partial charge in [-0.05, 0) is 60.9 Å². The van der Waals surface area contributed by atoms with Crippen molar-refractivity contribution in [2.45, 2.75) is 44.2 Å². The molecule has 162 valence electrons. The highest BCUT2D eigenvalue weighted by molar-refractivity contribution is 5.95. The average molecular weight is 423 g/mol. The van der Waals surface area contributed by atoms with E-state index in [1.54, 1.807) is 0 Å². The molecule has 3 aromatic carbocycles. The van der Waals surface area contributed by atoms with Crippen LogP contribution in [0.25, 0.3) is 0 Å². The maximum atomic E-state index is 13.3. The van der Waals surface area contributed by atoms with Gasteiger partial charge in [0.25, 0.3) is 5.91 Å². The molecule has 32 heavy (non-hydrogen) atoms. The fourth-order valence-electron chi connectivity index (χ4n) is 5.19. The van der Waals surface area contributed by atoms with E-state index in [1.807, 2.05) is 30.3 Å². The van der Waals surface area contributed by atoms with Crippen LogP contribution in [0.3, 0.4) is 0 Å². The summed E-state index contributed by atoms with van der Waals surface area (Å²) < 4.78 is 0. The fourth-order valence-corrected chi connectivity index (χ4v) is 5.19. The van der Waals surface area contributed by atoms with Crippen LogP contribution in [0, 0.1) is 0 Å². The molecule has 0 saturated heterocycles. The maximum absolute atomic E-state index is 13.3. The zero-order valence-electron chi connectivity index (χ0n) is 18.4. The Labute approximate surface area is 190 Å². The highest BCUT2D eigenvalue weighted by Gasteiger charge is 2.34. The topological polar surface area (TPSA) is 32.3 Å². The molecule has 1 aliphatic carbocycles. The zero-order valence-corrected chi connectivity index (χ0v) is 18.4. The van der Waals surface area contributed by atoms with Crippen molar-refractivity contribution in [2.24, 2.45) is 0 Å². The second-order valence-corrected chi connectivity index (χ2v) is 8.76. The summed E-state index contributed by atoms with van der Waals surface area (Å²) in [5.74, 6) is 0.140. The van der Waals surface area contributed by atoms with E-state index in [-0.39, 0.29) is 18.0 Å². The predicted octanol–water partition coefficient (Wildman–Crippen LogP) is 6.11. The third-order valence-corrected chi connectivity index (χ3v) is 6.77. The minimum Gasteiger partial charge on any atom is -0.312 e. The molecule has 5 rings (SSSR count). The first-order valence-corrected chi connectivity index (χ1v) is 11.8. The molecule has 0 bridgehead atoms. The number of allylic oxidation sites excluding steroid dienone is 1. The summed E-state index contributed by atoms with van der Waals surface area (Å²) in [4.78, 5) is 15.4. The lowest BCUT2D eigenvalue weighted by atomic mass is 9.84. The number of nitrogens with zero attached hydrogens (tertiary/aromatic N) is 1. The van der Waals surface area contributed by atoms with Crippen molar-refractivity contribution in [3.05, 3.63) is 119 Å². The van der Waals surface area contributed by atoms with Gasteiger partial charge in [-0.25, -0.2) is 0 Å². The number of nitrogens with one attached hydrogen (secondary N) is 1. The highest BCUT2D eigenvalue weighted by atomic mass is 16.2. The summed E-state index contributed by atoms with van der Waals surface area (Å²) in [6.45, 7) is 0.764. The van der Waals surface area contributed by atoms with Crippen LogP contribution in [-0.2, 0) is 0 Å². The van der Waals surface area contributed by atoms with Crippen LogP contribution in [0.15, 0.2) is 102 Å². The normalized spacial score (nSPS) is 18.5. The lowest BCUT2D eigenvalue weighted by molar-refractivity contribution is 0.0776. The first-order chi connectivity index (χ1) is 15.8. The molecule has 3 aromatic rings. The van der Waals surface area contributed by atoms with E-state index in [4.69, 9.17) is 0 Å². The van der Waals surface area contributed by atoms with Gasteiger partial charge in [0, 0.05) is 23.8 Å². The maximum Gasteiger partial charge on any atom is 0.258 e. The molecular weight excluding hydrogens is 392 g/mol. The summed E-state index contributed by atoms with van der Waals surface area (Å²) >= 11 is 0. The molecule has 0 radical (unpaired) electrons. The predicted molar refractivity (Wildman–Crippen MR) is 129 cm³/mol. The molecule has 0 spiro atoms. The first kappa shape index (κ1) is 20.7. The number of carbonyl (C=O) groups excluding carboxylic acids is 1. The van der Waals surface area contributed by atoms with Crippen molar-refractivity contribution in [3.8, 4) is 0 Å². The van der Waals surface area contributed by atoms with Crippen LogP contribution in [0.2, 0.25) is 0 Å². The molecule has 0 aromatic heterocycles. The second kappa shape index (κ2) is 9.54. The van der Waals surface area contributed by atoms with E-state index in [2.05, 4.69) is 70.9 Å². The van der Waals surface area contributed by atoms with Crippen molar-refractivity contribution in [1.29, 1.82) is 0 Å². The van der Waals surface area contributed by atoms with E-state index >= 15 is 0 Å². The average Bonchev–Trinajstić information content (AvgIpc) is 2.88. The van der Waals surface area contributed by atoms with E-state index < -0.39 is 0 Å². The van der Waals surface area contributed by atoms with Gasteiger partial charge in [0.05, 0.1) is 6.04 Å². The monoisotopic (exact) mass is 422 g/mol.